The highest BCUT2D eigenvalue weighted by molar-refractivity contribution is 5.21. The Hall–Kier alpha value is -0.960. The van der Waals surface area contributed by atoms with Gasteiger partial charge in [0.1, 0.15) is 11.6 Å². The Balaban J connectivity index is 2.79. The van der Waals surface area contributed by atoms with Crippen LogP contribution in [0.15, 0.2) is 18.2 Å². The lowest BCUT2D eigenvalue weighted by atomic mass is 9.92. The fraction of sp³-hybridized carbons (Fsp3) is 0.538. The molecule has 0 aliphatic carbocycles. The van der Waals surface area contributed by atoms with Gasteiger partial charge in [0.2, 0.25) is 0 Å². The molecule has 0 fully saturated rings. The molecule has 3 heteroatoms. The smallest absolute Gasteiger partial charge is 0.129 e. The largest absolute Gasteiger partial charge is 0.388 e. The van der Waals surface area contributed by atoms with Crippen LogP contribution in [-0.4, -0.2) is 5.11 Å². The lowest BCUT2D eigenvalue weighted by Gasteiger charge is -2.18. The lowest BCUT2D eigenvalue weighted by molar-refractivity contribution is 0.137. The Bertz CT molecular complexity index is 335. The Labute approximate surface area is 95.1 Å². The van der Waals surface area contributed by atoms with Crippen molar-refractivity contribution in [2.24, 2.45) is 5.92 Å². The summed E-state index contributed by atoms with van der Waals surface area (Å²) < 4.78 is 26.3. The van der Waals surface area contributed by atoms with Crippen LogP contribution >= 0.6 is 0 Å². The number of halogens is 2. The Morgan fingerprint density at radius 3 is 2.38 bits per heavy atom. The van der Waals surface area contributed by atoms with Gasteiger partial charge in [-0.1, -0.05) is 26.7 Å². The van der Waals surface area contributed by atoms with Crippen LogP contribution in [0.5, 0.6) is 0 Å². The van der Waals surface area contributed by atoms with E-state index >= 15 is 0 Å². The summed E-state index contributed by atoms with van der Waals surface area (Å²) in [4.78, 5) is 0. The number of aliphatic hydroxyl groups is 1. The van der Waals surface area contributed by atoms with Crippen molar-refractivity contribution in [3.8, 4) is 0 Å². The molecule has 0 aliphatic rings. The van der Waals surface area contributed by atoms with Crippen molar-refractivity contribution in [2.45, 2.75) is 39.2 Å². The van der Waals surface area contributed by atoms with Gasteiger partial charge in [0.05, 0.1) is 6.10 Å². The first-order valence-corrected chi connectivity index (χ1v) is 5.71. The molecular weight excluding hydrogens is 210 g/mol. The maximum absolute atomic E-state index is 13.4. The Morgan fingerprint density at radius 2 is 1.81 bits per heavy atom. The molecule has 0 bridgehead atoms. The maximum Gasteiger partial charge on any atom is 0.129 e. The zero-order valence-electron chi connectivity index (χ0n) is 9.71. The molecule has 1 N–H and O–H groups in total. The van der Waals surface area contributed by atoms with Crippen molar-refractivity contribution in [3.63, 3.8) is 0 Å². The summed E-state index contributed by atoms with van der Waals surface area (Å²) in [5.41, 5.74) is 0.0619. The summed E-state index contributed by atoms with van der Waals surface area (Å²) >= 11 is 0. The third-order valence-corrected chi connectivity index (χ3v) is 3.03. The molecule has 16 heavy (non-hydrogen) atoms. The first kappa shape index (κ1) is 13.1. The van der Waals surface area contributed by atoms with Gasteiger partial charge in [-0.3, -0.25) is 0 Å². The molecule has 0 spiro atoms. The van der Waals surface area contributed by atoms with Crippen LogP contribution in [0.4, 0.5) is 8.78 Å². The van der Waals surface area contributed by atoms with Gasteiger partial charge < -0.3 is 5.11 Å². The second kappa shape index (κ2) is 5.94. The molecule has 0 saturated carbocycles. The molecule has 1 rings (SSSR count). The van der Waals surface area contributed by atoms with Gasteiger partial charge >= 0.3 is 0 Å². The van der Waals surface area contributed by atoms with E-state index in [2.05, 4.69) is 0 Å². The van der Waals surface area contributed by atoms with Crippen molar-refractivity contribution in [1.82, 2.24) is 0 Å². The zero-order valence-corrected chi connectivity index (χ0v) is 9.71. The lowest BCUT2D eigenvalue weighted by Crippen LogP contribution is -2.08. The second-order valence-corrected chi connectivity index (χ2v) is 4.10. The average molecular weight is 228 g/mol. The van der Waals surface area contributed by atoms with Crippen molar-refractivity contribution < 1.29 is 13.9 Å². The summed E-state index contributed by atoms with van der Waals surface area (Å²) in [6, 6.07) is 3.19. The molecule has 1 aromatic rings. The molecule has 1 unspecified atom stereocenters. The van der Waals surface area contributed by atoms with Crippen molar-refractivity contribution >= 4 is 0 Å². The second-order valence-electron chi connectivity index (χ2n) is 4.10. The fourth-order valence-electron chi connectivity index (χ4n) is 1.83. The molecule has 0 aromatic heterocycles. The van der Waals surface area contributed by atoms with Crippen LogP contribution in [0.25, 0.3) is 0 Å². The monoisotopic (exact) mass is 228 g/mol. The minimum atomic E-state index is -0.916. The molecular formula is C13H18F2O. The van der Waals surface area contributed by atoms with E-state index in [1.807, 2.05) is 13.8 Å². The summed E-state index contributed by atoms with van der Waals surface area (Å²) in [6.45, 7) is 4.06. The van der Waals surface area contributed by atoms with Crippen molar-refractivity contribution in [3.05, 3.63) is 35.4 Å². The topological polar surface area (TPSA) is 20.2 Å². The number of aliphatic hydroxyl groups excluding tert-OH is 1. The van der Waals surface area contributed by atoms with E-state index in [0.29, 0.717) is 12.3 Å². The molecule has 1 atom stereocenters. The van der Waals surface area contributed by atoms with Crippen molar-refractivity contribution in [1.29, 1.82) is 0 Å². The summed E-state index contributed by atoms with van der Waals surface area (Å²) in [5, 5.41) is 9.85. The standard InChI is InChI=1S/C13H18F2O/c1-3-9(4-2)7-13(16)11-8-10(14)5-6-12(11)15/h5-6,8-9,13,16H,3-4,7H2,1-2H3. The SMILES string of the molecule is CCC(CC)CC(O)c1cc(F)ccc1F. The van der Waals surface area contributed by atoms with Gasteiger partial charge in [-0.2, -0.15) is 0 Å². The molecule has 90 valence electrons. The van der Waals surface area contributed by atoms with E-state index < -0.39 is 17.7 Å². The highest BCUT2D eigenvalue weighted by Crippen LogP contribution is 2.27. The van der Waals surface area contributed by atoms with E-state index in [1.54, 1.807) is 0 Å². The van der Waals surface area contributed by atoms with Gasteiger partial charge in [0.25, 0.3) is 0 Å². The number of hydrogen-bond donors (Lipinski definition) is 1. The third kappa shape index (κ3) is 3.27. The van der Waals surface area contributed by atoms with Gasteiger partial charge in [-0.05, 0) is 30.5 Å². The van der Waals surface area contributed by atoms with Crippen molar-refractivity contribution in [2.75, 3.05) is 0 Å². The first-order chi connectivity index (χ1) is 7.58. The van der Waals surface area contributed by atoms with E-state index in [4.69, 9.17) is 0 Å². The Morgan fingerprint density at radius 1 is 1.19 bits per heavy atom. The van der Waals surface area contributed by atoms with E-state index in [9.17, 15) is 13.9 Å². The van der Waals surface area contributed by atoms with Crippen LogP contribution in [0.1, 0.15) is 44.8 Å². The highest BCUT2D eigenvalue weighted by Gasteiger charge is 2.17. The molecule has 1 aromatic carbocycles. The predicted octanol–water partition coefficient (Wildman–Crippen LogP) is 3.82. The average Bonchev–Trinajstić information content (AvgIpc) is 2.28. The van der Waals surface area contributed by atoms with Gasteiger partial charge in [0, 0.05) is 5.56 Å². The minimum absolute atomic E-state index is 0.0619. The summed E-state index contributed by atoms with van der Waals surface area (Å²) in [7, 11) is 0. The van der Waals surface area contributed by atoms with Gasteiger partial charge in [-0.25, -0.2) is 8.78 Å². The molecule has 0 radical (unpaired) electrons. The highest BCUT2D eigenvalue weighted by atomic mass is 19.1. The molecule has 0 amide bonds. The number of rotatable bonds is 5. The Kier molecular flexibility index (Phi) is 4.87. The third-order valence-electron chi connectivity index (χ3n) is 3.03. The number of benzene rings is 1. The molecule has 0 aliphatic heterocycles. The van der Waals surface area contributed by atoms with E-state index in [1.165, 1.54) is 0 Å². The molecule has 1 nitrogen and oxygen atoms in total. The maximum atomic E-state index is 13.4. The quantitative estimate of drug-likeness (QED) is 0.812. The van der Waals surface area contributed by atoms with Crippen LogP contribution < -0.4 is 0 Å². The fourth-order valence-corrected chi connectivity index (χ4v) is 1.83. The first-order valence-electron chi connectivity index (χ1n) is 5.71. The molecule has 0 heterocycles. The number of hydrogen-bond acceptors (Lipinski definition) is 1. The van der Waals surface area contributed by atoms with Crippen LogP contribution in [0.2, 0.25) is 0 Å². The van der Waals surface area contributed by atoms with Crippen LogP contribution in [-0.2, 0) is 0 Å². The summed E-state index contributed by atoms with van der Waals surface area (Å²) in [6.07, 6.45) is 1.43. The minimum Gasteiger partial charge on any atom is -0.388 e. The van der Waals surface area contributed by atoms with E-state index in [-0.39, 0.29) is 5.56 Å². The van der Waals surface area contributed by atoms with Gasteiger partial charge in [0.15, 0.2) is 0 Å². The van der Waals surface area contributed by atoms with Crippen LogP contribution in [0.3, 0.4) is 0 Å². The predicted molar refractivity (Wildman–Crippen MR) is 60.0 cm³/mol. The van der Waals surface area contributed by atoms with E-state index in [0.717, 1.165) is 31.0 Å². The normalized spacial score (nSPS) is 13.1. The summed E-state index contributed by atoms with van der Waals surface area (Å²) in [5.74, 6) is -0.711. The van der Waals surface area contributed by atoms with Gasteiger partial charge in [-0.15, -0.1) is 0 Å². The molecule has 0 saturated heterocycles. The van der Waals surface area contributed by atoms with Crippen LogP contribution in [0, 0.1) is 17.6 Å². The zero-order chi connectivity index (χ0) is 12.1.